The third-order valence-corrected chi connectivity index (χ3v) is 4.16. The Hall–Kier alpha value is -3.81. The number of fused-ring (bicyclic) bond motifs is 1. The average molecular weight is 376 g/mol. The minimum atomic E-state index is -0.543. The van der Waals surface area contributed by atoms with E-state index in [9.17, 15) is 9.18 Å². The van der Waals surface area contributed by atoms with E-state index in [2.05, 4.69) is 25.7 Å². The average Bonchev–Trinajstić information content (AvgIpc) is 3.21. The van der Waals surface area contributed by atoms with Gasteiger partial charge in [0.15, 0.2) is 0 Å². The summed E-state index contributed by atoms with van der Waals surface area (Å²) in [5.74, 6) is 0.171. The van der Waals surface area contributed by atoms with E-state index in [1.165, 1.54) is 18.5 Å². The number of aromatic nitrogens is 4. The van der Waals surface area contributed by atoms with E-state index in [-0.39, 0.29) is 5.56 Å². The van der Waals surface area contributed by atoms with E-state index in [4.69, 9.17) is 0 Å². The standard InChI is InChI=1S/C20H17FN6O/c21-16-9-5-4-8-15(16)19(28)23-11-10-22-18-12-17(14-6-2-1-3-7-14)26-20-24-13-25-27(18)20/h1-9,12-13,22H,10-11H2,(H,23,28). The molecule has 0 aliphatic rings. The first-order valence-corrected chi connectivity index (χ1v) is 8.75. The lowest BCUT2D eigenvalue weighted by molar-refractivity contribution is 0.0951. The molecule has 4 aromatic rings. The van der Waals surface area contributed by atoms with Crippen LogP contribution in [0.1, 0.15) is 10.4 Å². The lowest BCUT2D eigenvalue weighted by Gasteiger charge is -2.11. The van der Waals surface area contributed by atoms with Gasteiger partial charge in [-0.1, -0.05) is 42.5 Å². The van der Waals surface area contributed by atoms with Crippen molar-refractivity contribution in [2.24, 2.45) is 0 Å². The smallest absolute Gasteiger partial charge is 0.254 e. The number of rotatable bonds is 6. The molecule has 0 fully saturated rings. The Morgan fingerprint density at radius 2 is 1.82 bits per heavy atom. The Labute approximate surface area is 160 Å². The molecule has 7 nitrogen and oxygen atoms in total. The van der Waals surface area contributed by atoms with E-state index in [1.54, 1.807) is 16.6 Å². The highest BCUT2D eigenvalue weighted by Crippen LogP contribution is 2.20. The Kier molecular flexibility index (Phi) is 4.92. The largest absolute Gasteiger partial charge is 0.368 e. The van der Waals surface area contributed by atoms with Crippen LogP contribution in [0.25, 0.3) is 17.0 Å². The molecule has 0 saturated carbocycles. The van der Waals surface area contributed by atoms with Gasteiger partial charge in [0.25, 0.3) is 11.7 Å². The minimum absolute atomic E-state index is 0.0245. The summed E-state index contributed by atoms with van der Waals surface area (Å²) in [6, 6.07) is 17.5. The fourth-order valence-electron chi connectivity index (χ4n) is 2.80. The molecule has 0 aliphatic carbocycles. The first kappa shape index (κ1) is 17.6. The van der Waals surface area contributed by atoms with Crippen LogP contribution in [0.15, 0.2) is 67.0 Å². The highest BCUT2D eigenvalue weighted by molar-refractivity contribution is 5.94. The third kappa shape index (κ3) is 3.66. The lowest BCUT2D eigenvalue weighted by Crippen LogP contribution is -2.29. The molecule has 0 atom stereocenters. The Morgan fingerprint density at radius 1 is 1.04 bits per heavy atom. The molecule has 2 N–H and O–H groups in total. The van der Waals surface area contributed by atoms with Crippen LogP contribution < -0.4 is 10.6 Å². The van der Waals surface area contributed by atoms with Crippen LogP contribution >= 0.6 is 0 Å². The van der Waals surface area contributed by atoms with Gasteiger partial charge in [0.1, 0.15) is 18.0 Å². The predicted molar refractivity (Wildman–Crippen MR) is 103 cm³/mol. The first-order chi connectivity index (χ1) is 13.7. The summed E-state index contributed by atoms with van der Waals surface area (Å²) < 4.78 is 15.2. The summed E-state index contributed by atoms with van der Waals surface area (Å²) in [6.07, 6.45) is 1.43. The molecular formula is C20H17FN6O. The van der Waals surface area contributed by atoms with Crippen LogP contribution in [0, 0.1) is 5.82 Å². The highest BCUT2D eigenvalue weighted by atomic mass is 19.1. The Bertz CT molecular complexity index is 1110. The molecule has 1 amide bonds. The van der Waals surface area contributed by atoms with Gasteiger partial charge in [-0.2, -0.15) is 14.6 Å². The van der Waals surface area contributed by atoms with Crippen molar-refractivity contribution in [1.82, 2.24) is 24.9 Å². The quantitative estimate of drug-likeness (QED) is 0.506. The fraction of sp³-hybridized carbons (Fsp3) is 0.100. The molecule has 0 spiro atoms. The molecule has 28 heavy (non-hydrogen) atoms. The number of nitrogens with zero attached hydrogens (tertiary/aromatic N) is 4. The zero-order chi connectivity index (χ0) is 19.3. The number of carbonyl (C=O) groups excluding carboxylic acids is 1. The maximum atomic E-state index is 13.7. The highest BCUT2D eigenvalue weighted by Gasteiger charge is 2.11. The summed E-state index contributed by atoms with van der Waals surface area (Å²) in [6.45, 7) is 0.736. The molecule has 0 saturated heterocycles. The van der Waals surface area contributed by atoms with Gasteiger partial charge in [0.2, 0.25) is 0 Å². The monoisotopic (exact) mass is 376 g/mol. The molecule has 0 aliphatic heterocycles. The van der Waals surface area contributed by atoms with Crippen molar-refractivity contribution in [2.75, 3.05) is 18.4 Å². The van der Waals surface area contributed by atoms with Crippen LogP contribution in [0.2, 0.25) is 0 Å². The van der Waals surface area contributed by atoms with Gasteiger partial charge in [0, 0.05) is 24.7 Å². The predicted octanol–water partition coefficient (Wildman–Crippen LogP) is 2.77. The van der Waals surface area contributed by atoms with E-state index in [0.717, 1.165) is 11.3 Å². The molecule has 2 aromatic carbocycles. The van der Waals surface area contributed by atoms with Gasteiger partial charge in [-0.25, -0.2) is 9.37 Å². The molecule has 4 rings (SSSR count). The van der Waals surface area contributed by atoms with E-state index >= 15 is 0 Å². The first-order valence-electron chi connectivity index (χ1n) is 8.75. The van der Waals surface area contributed by atoms with Gasteiger partial charge >= 0.3 is 0 Å². The number of hydrogen-bond acceptors (Lipinski definition) is 5. The normalized spacial score (nSPS) is 10.8. The molecule has 2 aromatic heterocycles. The van der Waals surface area contributed by atoms with Gasteiger partial charge in [-0.15, -0.1) is 0 Å². The number of halogens is 1. The molecule has 8 heteroatoms. The van der Waals surface area contributed by atoms with E-state index < -0.39 is 11.7 Å². The van der Waals surface area contributed by atoms with E-state index in [0.29, 0.717) is 24.7 Å². The van der Waals surface area contributed by atoms with Gasteiger partial charge in [0.05, 0.1) is 11.3 Å². The van der Waals surface area contributed by atoms with Crippen LogP contribution in [0.4, 0.5) is 10.2 Å². The topological polar surface area (TPSA) is 84.2 Å². The zero-order valence-electron chi connectivity index (χ0n) is 14.8. The van der Waals surface area contributed by atoms with Crippen molar-refractivity contribution >= 4 is 17.5 Å². The van der Waals surface area contributed by atoms with Crippen molar-refractivity contribution in [3.63, 3.8) is 0 Å². The number of nitrogens with one attached hydrogen (secondary N) is 2. The maximum absolute atomic E-state index is 13.7. The van der Waals surface area contributed by atoms with Crippen molar-refractivity contribution in [2.45, 2.75) is 0 Å². The van der Waals surface area contributed by atoms with E-state index in [1.807, 2.05) is 36.4 Å². The summed E-state index contributed by atoms with van der Waals surface area (Å²) in [5, 5.41) is 10.1. The van der Waals surface area contributed by atoms with Crippen LogP contribution in [-0.4, -0.2) is 38.6 Å². The SMILES string of the molecule is O=C(NCCNc1cc(-c2ccccc2)nc2ncnn12)c1ccccc1F. The summed E-state index contributed by atoms with van der Waals surface area (Å²) in [7, 11) is 0. The Morgan fingerprint density at radius 3 is 2.64 bits per heavy atom. The number of anilines is 1. The Balaban J connectivity index is 1.45. The minimum Gasteiger partial charge on any atom is -0.368 e. The second-order valence-electron chi connectivity index (χ2n) is 6.03. The maximum Gasteiger partial charge on any atom is 0.254 e. The summed E-state index contributed by atoms with van der Waals surface area (Å²) in [5.41, 5.74) is 1.75. The number of carbonyl (C=O) groups is 1. The number of benzene rings is 2. The van der Waals surface area contributed by atoms with Gasteiger partial charge in [-0.05, 0) is 12.1 Å². The van der Waals surface area contributed by atoms with Gasteiger partial charge in [-0.3, -0.25) is 4.79 Å². The van der Waals surface area contributed by atoms with Crippen molar-refractivity contribution in [1.29, 1.82) is 0 Å². The van der Waals surface area contributed by atoms with Crippen molar-refractivity contribution in [3.05, 3.63) is 78.4 Å². The second-order valence-corrected chi connectivity index (χ2v) is 6.03. The number of amides is 1. The molecule has 0 radical (unpaired) electrons. The van der Waals surface area contributed by atoms with Crippen LogP contribution in [-0.2, 0) is 0 Å². The fourth-order valence-corrected chi connectivity index (χ4v) is 2.80. The molecular weight excluding hydrogens is 359 g/mol. The summed E-state index contributed by atoms with van der Waals surface area (Å²) in [4.78, 5) is 20.7. The van der Waals surface area contributed by atoms with Crippen LogP contribution in [0.3, 0.4) is 0 Å². The molecule has 2 heterocycles. The summed E-state index contributed by atoms with van der Waals surface area (Å²) >= 11 is 0. The molecule has 140 valence electrons. The number of hydrogen-bond donors (Lipinski definition) is 2. The van der Waals surface area contributed by atoms with Gasteiger partial charge < -0.3 is 10.6 Å². The molecule has 0 bridgehead atoms. The third-order valence-electron chi connectivity index (χ3n) is 4.16. The lowest BCUT2D eigenvalue weighted by atomic mass is 10.1. The van der Waals surface area contributed by atoms with Crippen molar-refractivity contribution in [3.8, 4) is 11.3 Å². The van der Waals surface area contributed by atoms with Crippen LogP contribution in [0.5, 0.6) is 0 Å². The van der Waals surface area contributed by atoms with Crippen molar-refractivity contribution < 1.29 is 9.18 Å². The molecule has 0 unspecified atom stereocenters. The zero-order valence-corrected chi connectivity index (χ0v) is 14.8. The second kappa shape index (κ2) is 7.83.